The quantitative estimate of drug-likeness (QED) is 0.117. The molecule has 5 amide bonds. The highest BCUT2D eigenvalue weighted by Crippen LogP contribution is 2.33. The van der Waals surface area contributed by atoms with E-state index in [-0.39, 0.29) is 35.8 Å². The van der Waals surface area contributed by atoms with E-state index in [1.54, 1.807) is 31.3 Å². The third-order valence-electron chi connectivity index (χ3n) is 10.9. The van der Waals surface area contributed by atoms with Gasteiger partial charge in [-0.05, 0) is 55.5 Å². The van der Waals surface area contributed by atoms with Gasteiger partial charge in [-0.3, -0.25) is 19.4 Å². The van der Waals surface area contributed by atoms with Crippen molar-refractivity contribution in [3.8, 4) is 22.8 Å². The Morgan fingerprint density at radius 2 is 1.67 bits per heavy atom. The number of benzene rings is 1. The van der Waals surface area contributed by atoms with Crippen molar-refractivity contribution in [2.45, 2.75) is 75.6 Å². The Bertz CT molecular complexity index is 1810. The average molecular weight is 801 g/mol. The van der Waals surface area contributed by atoms with Crippen molar-refractivity contribution in [1.82, 2.24) is 40.7 Å². The van der Waals surface area contributed by atoms with Gasteiger partial charge in [0.2, 0.25) is 23.6 Å². The third-order valence-corrected chi connectivity index (χ3v) is 12.4. The molecular formula is C41H56N10O5S. The number of pyridine rings is 1. The van der Waals surface area contributed by atoms with Crippen LogP contribution >= 0.6 is 11.8 Å². The Kier molecular flexibility index (Phi) is 14.8. The van der Waals surface area contributed by atoms with Crippen LogP contribution in [-0.4, -0.2) is 131 Å². The maximum Gasteiger partial charge on any atom is 0.315 e. The van der Waals surface area contributed by atoms with Crippen LogP contribution in [0, 0.1) is 0 Å². The molecule has 0 radical (unpaired) electrons. The van der Waals surface area contributed by atoms with Crippen LogP contribution in [0.5, 0.6) is 11.6 Å². The normalized spacial score (nSPS) is 18.7. The van der Waals surface area contributed by atoms with Gasteiger partial charge in [0.05, 0.1) is 24.5 Å². The zero-order valence-corrected chi connectivity index (χ0v) is 34.1. The van der Waals surface area contributed by atoms with E-state index < -0.39 is 0 Å². The number of nitrogens with zero attached hydrogens (tertiary/aromatic N) is 7. The van der Waals surface area contributed by atoms with Gasteiger partial charge in [0, 0.05) is 102 Å². The predicted molar refractivity (Wildman–Crippen MR) is 223 cm³/mol. The van der Waals surface area contributed by atoms with Crippen LogP contribution < -0.4 is 30.5 Å². The Balaban J connectivity index is 0.829. The summed E-state index contributed by atoms with van der Waals surface area (Å²) in [5.74, 6) is 3.83. The average Bonchev–Trinajstić information content (AvgIpc) is 3.79. The molecule has 0 spiro atoms. The summed E-state index contributed by atoms with van der Waals surface area (Å²) in [5.41, 5.74) is 2.00. The van der Waals surface area contributed by atoms with Crippen LogP contribution in [-0.2, 0) is 14.4 Å². The molecule has 3 aliphatic heterocycles. The first-order chi connectivity index (χ1) is 27.6. The second kappa shape index (κ2) is 20.3. The lowest BCUT2D eigenvalue weighted by Gasteiger charge is -2.35. The fourth-order valence-corrected chi connectivity index (χ4v) is 8.78. The zero-order chi connectivity index (χ0) is 40.1. The summed E-state index contributed by atoms with van der Waals surface area (Å²) in [7, 11) is 3.67. The largest absolute Gasteiger partial charge is 0.437 e. The summed E-state index contributed by atoms with van der Waals surface area (Å²) in [4.78, 5) is 69.6. The van der Waals surface area contributed by atoms with Gasteiger partial charge in [-0.1, -0.05) is 25.0 Å². The van der Waals surface area contributed by atoms with E-state index in [1.807, 2.05) is 65.1 Å². The summed E-state index contributed by atoms with van der Waals surface area (Å²) in [5, 5.41) is 9.45. The van der Waals surface area contributed by atoms with E-state index in [4.69, 9.17) is 9.72 Å². The predicted octanol–water partition coefficient (Wildman–Crippen LogP) is 4.30. The zero-order valence-electron chi connectivity index (χ0n) is 33.3. The number of hydrogen-bond acceptors (Lipinski definition) is 11. The first kappa shape index (κ1) is 41.5. The number of unbranched alkanes of at least 4 members (excludes halogenated alkanes) is 3. The highest BCUT2D eigenvalue weighted by atomic mass is 32.2. The van der Waals surface area contributed by atoms with Crippen molar-refractivity contribution in [3.63, 3.8) is 0 Å². The summed E-state index contributed by atoms with van der Waals surface area (Å²) < 4.78 is 5.99. The maximum atomic E-state index is 12.9. The number of urea groups is 1. The van der Waals surface area contributed by atoms with Gasteiger partial charge in [0.25, 0.3) is 0 Å². The number of thioether (sulfide) groups is 1. The lowest BCUT2D eigenvalue weighted by molar-refractivity contribution is -0.131. The minimum absolute atomic E-state index is 0.0156. The van der Waals surface area contributed by atoms with Crippen LogP contribution in [0.3, 0.4) is 0 Å². The first-order valence-electron chi connectivity index (χ1n) is 20.1. The molecule has 6 rings (SSSR count). The molecule has 16 heteroatoms. The fraction of sp³-hybridized carbons (Fsp3) is 0.537. The lowest BCUT2D eigenvalue weighted by Crippen LogP contribution is -2.49. The Labute approximate surface area is 339 Å². The van der Waals surface area contributed by atoms with Crippen molar-refractivity contribution in [2.24, 2.45) is 0 Å². The monoisotopic (exact) mass is 800 g/mol. The molecule has 2 aromatic heterocycles. The van der Waals surface area contributed by atoms with Crippen LogP contribution in [0.25, 0.3) is 11.1 Å². The molecule has 0 aliphatic carbocycles. The molecule has 3 aromatic rings. The van der Waals surface area contributed by atoms with E-state index in [2.05, 4.69) is 36.9 Å². The van der Waals surface area contributed by atoms with E-state index in [9.17, 15) is 19.2 Å². The molecule has 0 saturated carbocycles. The Hall–Kier alpha value is -5.12. The van der Waals surface area contributed by atoms with Gasteiger partial charge in [0.1, 0.15) is 11.6 Å². The summed E-state index contributed by atoms with van der Waals surface area (Å²) in [6.07, 6.45) is 11.6. The number of rotatable bonds is 19. The number of aromatic nitrogens is 3. The molecule has 3 atom stereocenters. The molecule has 57 heavy (non-hydrogen) atoms. The molecule has 306 valence electrons. The molecular weight excluding hydrogens is 745 g/mol. The fourth-order valence-electron chi connectivity index (χ4n) is 7.23. The standard InChI is InChI=1S/C41H56N10O5S/c1-29(52)48(2)19-20-49(3)36-26-42-27-38(46-36)56-32-15-12-30(13-16-32)31-14-17-35(44-25-31)50-21-23-51(24-22-50)39(54)11-5-4-8-18-43-37(53)10-7-6-9-34-40-33(28-57-34)45-41(55)47-40/h12-17,25-27,33-34,40H,4-11,18-24,28H2,1-3H3,(H,43,53)(H2,45,47,55). The van der Waals surface area contributed by atoms with E-state index in [0.717, 1.165) is 74.3 Å². The minimum atomic E-state index is -0.0593. The number of amides is 5. The minimum Gasteiger partial charge on any atom is -0.437 e. The lowest BCUT2D eigenvalue weighted by atomic mass is 10.0. The number of hydrogen-bond donors (Lipinski definition) is 3. The Morgan fingerprint density at radius 3 is 2.42 bits per heavy atom. The highest BCUT2D eigenvalue weighted by molar-refractivity contribution is 8.00. The van der Waals surface area contributed by atoms with Gasteiger partial charge in [-0.2, -0.15) is 16.7 Å². The summed E-state index contributed by atoms with van der Waals surface area (Å²) in [6, 6.07) is 12.2. The number of likely N-dealkylation sites (N-methyl/N-ethyl adjacent to an activating group) is 2. The molecule has 5 heterocycles. The highest BCUT2D eigenvalue weighted by Gasteiger charge is 2.42. The van der Waals surface area contributed by atoms with Crippen LogP contribution in [0.1, 0.15) is 58.3 Å². The van der Waals surface area contributed by atoms with Crippen LogP contribution in [0.15, 0.2) is 55.0 Å². The van der Waals surface area contributed by atoms with E-state index in [1.165, 1.54) is 0 Å². The number of nitrogens with one attached hydrogen (secondary N) is 3. The third kappa shape index (κ3) is 11.9. The number of ether oxygens (including phenoxy) is 1. The second-order valence-electron chi connectivity index (χ2n) is 15.0. The van der Waals surface area contributed by atoms with Crippen molar-refractivity contribution in [1.29, 1.82) is 0 Å². The molecule has 3 fully saturated rings. The van der Waals surface area contributed by atoms with Crippen molar-refractivity contribution in [3.05, 3.63) is 55.0 Å². The number of anilines is 2. The second-order valence-corrected chi connectivity index (χ2v) is 16.3. The topological polar surface area (TPSA) is 165 Å². The molecule has 0 bridgehead atoms. The summed E-state index contributed by atoms with van der Waals surface area (Å²) >= 11 is 1.91. The van der Waals surface area contributed by atoms with Gasteiger partial charge < -0.3 is 40.3 Å². The van der Waals surface area contributed by atoms with Crippen molar-refractivity contribution in [2.75, 3.05) is 75.5 Å². The smallest absolute Gasteiger partial charge is 0.315 e. The molecule has 15 nitrogen and oxygen atoms in total. The van der Waals surface area contributed by atoms with Crippen molar-refractivity contribution < 1.29 is 23.9 Å². The molecule has 3 unspecified atom stereocenters. The number of fused-ring (bicyclic) bond motifs is 1. The van der Waals surface area contributed by atoms with Gasteiger partial charge in [0.15, 0.2) is 5.82 Å². The number of carbonyl (C=O) groups is 4. The van der Waals surface area contributed by atoms with Crippen LogP contribution in [0.2, 0.25) is 0 Å². The van der Waals surface area contributed by atoms with Crippen molar-refractivity contribution >= 4 is 47.2 Å². The van der Waals surface area contributed by atoms with E-state index in [0.29, 0.717) is 68.3 Å². The molecule has 1 aromatic carbocycles. The number of carbonyl (C=O) groups excluding carboxylic acids is 4. The first-order valence-corrected chi connectivity index (χ1v) is 21.1. The molecule has 3 N–H and O–H groups in total. The van der Waals surface area contributed by atoms with Gasteiger partial charge in [-0.25, -0.2) is 9.78 Å². The maximum absolute atomic E-state index is 12.9. The number of piperazine rings is 1. The molecule has 3 aliphatic rings. The SMILES string of the molecule is CC(=O)N(C)CCN(C)c1cncc(Oc2ccc(-c3ccc(N4CCN(C(=O)CCCCCNC(=O)CCCCC5SCC6NC(=O)NC65)CC4)nc3)cc2)n1. The van der Waals surface area contributed by atoms with Gasteiger partial charge >= 0.3 is 6.03 Å². The Morgan fingerprint density at radius 1 is 0.895 bits per heavy atom. The summed E-state index contributed by atoms with van der Waals surface area (Å²) in [6.45, 7) is 6.20. The van der Waals surface area contributed by atoms with Gasteiger partial charge in [-0.15, -0.1) is 0 Å². The van der Waals surface area contributed by atoms with E-state index >= 15 is 0 Å². The van der Waals surface area contributed by atoms with Crippen LogP contribution in [0.4, 0.5) is 16.4 Å². The molecule has 3 saturated heterocycles.